The zero-order valence-electron chi connectivity index (χ0n) is 22.6. The van der Waals surface area contributed by atoms with Crippen molar-refractivity contribution in [2.24, 2.45) is 11.8 Å². The van der Waals surface area contributed by atoms with E-state index in [9.17, 15) is 5.26 Å². The molecule has 3 heteroatoms. The van der Waals surface area contributed by atoms with Gasteiger partial charge in [-0.3, -0.25) is 0 Å². The van der Waals surface area contributed by atoms with Crippen molar-refractivity contribution in [3.63, 3.8) is 0 Å². The molecule has 0 radical (unpaired) electrons. The number of benzene rings is 3. The highest BCUT2D eigenvalue weighted by Crippen LogP contribution is 2.41. The van der Waals surface area contributed by atoms with Crippen LogP contribution in [0.15, 0.2) is 91.0 Å². The number of nitrogens with zero attached hydrogens (tertiary/aromatic N) is 2. The van der Waals surface area contributed by atoms with Gasteiger partial charge in [0.15, 0.2) is 0 Å². The minimum Gasteiger partial charge on any atom is -0.494 e. The maximum atomic E-state index is 10.7. The Morgan fingerprint density at radius 3 is 2.03 bits per heavy atom. The number of para-hydroxylation sites is 1. The van der Waals surface area contributed by atoms with Crippen molar-refractivity contribution in [2.45, 2.75) is 63.8 Å². The van der Waals surface area contributed by atoms with Crippen molar-refractivity contribution in [3.05, 3.63) is 102 Å². The Morgan fingerprint density at radius 2 is 1.46 bits per heavy atom. The first-order chi connectivity index (χ1) is 18.1. The third-order valence-corrected chi connectivity index (χ3v) is 8.09. The summed E-state index contributed by atoms with van der Waals surface area (Å²) in [6.45, 7) is 7.69. The lowest BCUT2D eigenvalue weighted by Gasteiger charge is -2.39. The Hall–Kier alpha value is -3.09. The van der Waals surface area contributed by atoms with Crippen molar-refractivity contribution in [1.29, 1.82) is 5.26 Å². The Kier molecular flexibility index (Phi) is 9.80. The summed E-state index contributed by atoms with van der Waals surface area (Å²) < 4.78 is 5.96. The van der Waals surface area contributed by atoms with E-state index in [-0.39, 0.29) is 0 Å². The first kappa shape index (κ1) is 27.0. The predicted molar refractivity (Wildman–Crippen MR) is 153 cm³/mol. The Bertz CT molecular complexity index is 1050. The predicted octanol–water partition coefficient (Wildman–Crippen LogP) is 7.87. The fourth-order valence-electron chi connectivity index (χ4n) is 6.15. The molecule has 0 amide bonds. The van der Waals surface area contributed by atoms with Crippen LogP contribution >= 0.6 is 0 Å². The molecule has 3 nitrogen and oxygen atoms in total. The highest BCUT2D eigenvalue weighted by Gasteiger charge is 2.38. The number of ether oxygens (including phenoxy) is 1. The zero-order chi connectivity index (χ0) is 25.9. The highest BCUT2D eigenvalue weighted by molar-refractivity contribution is 5.45. The molecule has 1 saturated heterocycles. The first-order valence-electron chi connectivity index (χ1n) is 14.1. The molecule has 0 aliphatic carbocycles. The second-order valence-corrected chi connectivity index (χ2v) is 10.9. The van der Waals surface area contributed by atoms with Gasteiger partial charge in [-0.2, -0.15) is 5.26 Å². The number of hydrogen-bond acceptors (Lipinski definition) is 3. The maximum Gasteiger partial charge on any atom is 0.119 e. The number of hydrogen-bond donors (Lipinski definition) is 0. The summed E-state index contributed by atoms with van der Waals surface area (Å²) in [4.78, 5) is 2.71. The first-order valence-corrected chi connectivity index (χ1v) is 14.1. The summed E-state index contributed by atoms with van der Waals surface area (Å²) in [5.74, 6) is 2.10. The molecule has 4 rings (SSSR count). The molecule has 1 aliphatic heterocycles. The van der Waals surface area contributed by atoms with Crippen LogP contribution in [0.3, 0.4) is 0 Å². The smallest absolute Gasteiger partial charge is 0.119 e. The average Bonchev–Trinajstić information content (AvgIpc) is 2.93. The van der Waals surface area contributed by atoms with Crippen molar-refractivity contribution in [3.8, 4) is 11.8 Å². The summed E-state index contributed by atoms with van der Waals surface area (Å²) in [6.07, 6.45) is 6.63. The third kappa shape index (κ3) is 7.02. The van der Waals surface area contributed by atoms with Gasteiger partial charge in [-0.25, -0.2) is 0 Å². The minimum absolute atomic E-state index is 0.532. The largest absolute Gasteiger partial charge is 0.494 e. The van der Waals surface area contributed by atoms with Crippen LogP contribution in [0, 0.1) is 23.2 Å². The molecule has 0 saturated carbocycles. The lowest BCUT2D eigenvalue weighted by molar-refractivity contribution is 0.108. The van der Waals surface area contributed by atoms with E-state index in [4.69, 9.17) is 4.74 Å². The fourth-order valence-corrected chi connectivity index (χ4v) is 6.15. The van der Waals surface area contributed by atoms with Gasteiger partial charge in [-0.1, -0.05) is 92.7 Å². The van der Waals surface area contributed by atoms with Crippen LogP contribution in [-0.2, 0) is 5.41 Å². The van der Waals surface area contributed by atoms with Gasteiger partial charge in [0.05, 0.1) is 12.7 Å². The van der Waals surface area contributed by atoms with Gasteiger partial charge in [-0.05, 0) is 80.2 Å². The molecule has 37 heavy (non-hydrogen) atoms. The maximum absolute atomic E-state index is 10.7. The number of likely N-dealkylation sites (tertiary alicyclic amines) is 1. The van der Waals surface area contributed by atoms with Crippen LogP contribution in [0.1, 0.15) is 63.5 Å². The normalized spacial score (nSPS) is 19.1. The van der Waals surface area contributed by atoms with E-state index >= 15 is 0 Å². The molecule has 0 aromatic heterocycles. The second-order valence-electron chi connectivity index (χ2n) is 10.9. The topological polar surface area (TPSA) is 36.3 Å². The van der Waals surface area contributed by atoms with E-state index < -0.39 is 5.41 Å². The molecule has 0 N–H and O–H groups in total. The third-order valence-electron chi connectivity index (χ3n) is 8.09. The van der Waals surface area contributed by atoms with E-state index in [0.717, 1.165) is 49.4 Å². The summed E-state index contributed by atoms with van der Waals surface area (Å²) in [5, 5.41) is 10.7. The molecule has 0 bridgehead atoms. The lowest BCUT2D eigenvalue weighted by Crippen LogP contribution is -2.42. The van der Waals surface area contributed by atoms with Gasteiger partial charge in [0.25, 0.3) is 0 Å². The number of rotatable bonds is 10. The lowest BCUT2D eigenvalue weighted by atomic mass is 9.68. The van der Waals surface area contributed by atoms with Gasteiger partial charge in [0, 0.05) is 12.6 Å². The average molecular weight is 495 g/mol. The molecule has 3 aromatic carbocycles. The summed E-state index contributed by atoms with van der Waals surface area (Å²) in [6, 6.07) is 34.4. The molecule has 194 valence electrons. The van der Waals surface area contributed by atoms with Gasteiger partial charge in [0.1, 0.15) is 11.2 Å². The van der Waals surface area contributed by atoms with E-state index in [1.165, 1.54) is 25.7 Å². The molecule has 1 aliphatic rings. The molecule has 1 fully saturated rings. The summed E-state index contributed by atoms with van der Waals surface area (Å²) in [5.41, 5.74) is 1.63. The van der Waals surface area contributed by atoms with Gasteiger partial charge >= 0.3 is 0 Å². The van der Waals surface area contributed by atoms with Crippen LogP contribution in [0.25, 0.3) is 0 Å². The molecule has 2 unspecified atom stereocenters. The standard InChI is InChI=1S/C34H42N2O/c1-28(2)33-22-21-29(14-12-23-36(33)24-13-25-37-32-19-10-5-11-20-32)26-34(27-35,30-15-6-3-7-16-30)31-17-8-4-9-18-31/h3-11,15-20,28-29,33H,12-14,21-26H2,1-2H3. The minimum atomic E-state index is -0.603. The fraction of sp³-hybridized carbons (Fsp3) is 0.441. The van der Waals surface area contributed by atoms with Crippen molar-refractivity contribution in [2.75, 3.05) is 19.7 Å². The van der Waals surface area contributed by atoms with Crippen molar-refractivity contribution >= 4 is 0 Å². The van der Waals surface area contributed by atoms with Crippen LogP contribution in [-0.4, -0.2) is 30.6 Å². The quantitative estimate of drug-likeness (QED) is 0.269. The van der Waals surface area contributed by atoms with E-state index in [0.29, 0.717) is 17.9 Å². The summed E-state index contributed by atoms with van der Waals surface area (Å²) >= 11 is 0. The van der Waals surface area contributed by atoms with Gasteiger partial charge in [0.2, 0.25) is 0 Å². The van der Waals surface area contributed by atoms with Gasteiger partial charge < -0.3 is 9.64 Å². The number of nitriles is 1. The summed E-state index contributed by atoms with van der Waals surface area (Å²) in [7, 11) is 0. The zero-order valence-corrected chi connectivity index (χ0v) is 22.6. The van der Waals surface area contributed by atoms with Crippen LogP contribution in [0.2, 0.25) is 0 Å². The molecular weight excluding hydrogens is 452 g/mol. The van der Waals surface area contributed by atoms with Crippen molar-refractivity contribution < 1.29 is 4.74 Å². The molecule has 1 heterocycles. The SMILES string of the molecule is CC(C)C1CCC(CC(C#N)(c2ccccc2)c2ccccc2)CCCN1CCCOc1ccccc1. The Labute approximate surface area is 224 Å². The Balaban J connectivity index is 1.42. The van der Waals surface area contributed by atoms with E-state index in [2.05, 4.69) is 73.3 Å². The van der Waals surface area contributed by atoms with E-state index in [1.807, 2.05) is 42.5 Å². The van der Waals surface area contributed by atoms with E-state index in [1.54, 1.807) is 0 Å². The van der Waals surface area contributed by atoms with Crippen LogP contribution in [0.5, 0.6) is 5.75 Å². The van der Waals surface area contributed by atoms with Crippen LogP contribution in [0.4, 0.5) is 0 Å². The second kappa shape index (κ2) is 13.5. The molecular formula is C34H42N2O. The Morgan fingerprint density at radius 1 is 0.865 bits per heavy atom. The van der Waals surface area contributed by atoms with Gasteiger partial charge in [-0.15, -0.1) is 0 Å². The molecule has 3 aromatic rings. The monoisotopic (exact) mass is 494 g/mol. The highest BCUT2D eigenvalue weighted by atomic mass is 16.5. The van der Waals surface area contributed by atoms with Crippen molar-refractivity contribution in [1.82, 2.24) is 4.90 Å². The molecule has 0 spiro atoms. The molecule has 2 atom stereocenters. The van der Waals surface area contributed by atoms with Crippen LogP contribution < -0.4 is 4.74 Å².